The summed E-state index contributed by atoms with van der Waals surface area (Å²) in [4.78, 5) is 2.61. The average Bonchev–Trinajstić information content (AvgIpc) is 3.71. The Kier molecular flexibility index (Phi) is 7.32. The van der Waals surface area contributed by atoms with Crippen LogP contribution in [0.25, 0.3) is 55.3 Å². The van der Waals surface area contributed by atoms with E-state index in [0.29, 0.717) is 11.8 Å². The number of fused-ring (bicyclic) bond motifs is 7. The minimum absolute atomic E-state index is 0.0867. The molecule has 1 heteroatoms. The third kappa shape index (κ3) is 4.70. The third-order valence-corrected chi connectivity index (χ3v) is 16.0. The summed E-state index contributed by atoms with van der Waals surface area (Å²) < 4.78 is 0. The van der Waals surface area contributed by atoms with Crippen molar-refractivity contribution in [3.05, 3.63) is 198 Å². The molecule has 0 aromatic heterocycles. The van der Waals surface area contributed by atoms with Gasteiger partial charge in [-0.2, -0.15) is 0 Å². The van der Waals surface area contributed by atoms with Gasteiger partial charge in [-0.3, -0.25) is 0 Å². The first-order valence-corrected chi connectivity index (χ1v) is 22.4. The van der Waals surface area contributed by atoms with Gasteiger partial charge >= 0.3 is 0 Å². The highest BCUT2D eigenvalue weighted by atomic mass is 15.1. The van der Waals surface area contributed by atoms with Crippen molar-refractivity contribution in [2.45, 2.75) is 56.8 Å². The molecule has 8 aromatic carbocycles. The predicted octanol–water partition coefficient (Wildman–Crippen LogP) is 15.7. The predicted molar refractivity (Wildman–Crippen MR) is 250 cm³/mol. The minimum Gasteiger partial charge on any atom is -0.309 e. The molecule has 0 heterocycles. The number of hydrogen-bond donors (Lipinski definition) is 0. The first-order valence-electron chi connectivity index (χ1n) is 22.4. The largest absolute Gasteiger partial charge is 0.309 e. The lowest BCUT2D eigenvalue weighted by atomic mass is 9.43. The van der Waals surface area contributed by atoms with E-state index >= 15 is 0 Å². The van der Waals surface area contributed by atoms with E-state index in [-0.39, 0.29) is 10.8 Å². The highest BCUT2D eigenvalue weighted by Gasteiger charge is 2.61. The van der Waals surface area contributed by atoms with Crippen LogP contribution >= 0.6 is 0 Å². The maximum Gasteiger partial charge on any atom is 0.0618 e. The lowest BCUT2D eigenvalue weighted by Crippen LogP contribution is -2.55. The summed E-state index contributed by atoms with van der Waals surface area (Å²) in [6.07, 6.45) is 6.97. The van der Waals surface area contributed by atoms with Gasteiger partial charge in [-0.15, -0.1) is 0 Å². The van der Waals surface area contributed by atoms with E-state index in [1.54, 1.807) is 11.1 Å². The normalized spacial score (nSPS) is 23.4. The van der Waals surface area contributed by atoms with Gasteiger partial charge in [0.25, 0.3) is 0 Å². The Balaban J connectivity index is 1.03. The molecule has 0 aliphatic heterocycles. The average molecular weight is 772 g/mol. The van der Waals surface area contributed by atoms with E-state index in [4.69, 9.17) is 0 Å². The fraction of sp³-hybridized carbons (Fsp3) is 0.220. The van der Waals surface area contributed by atoms with Crippen molar-refractivity contribution < 1.29 is 0 Å². The number of hydrogen-bond acceptors (Lipinski definition) is 1. The third-order valence-electron chi connectivity index (χ3n) is 16.0. The maximum atomic E-state index is 2.66. The molecule has 14 rings (SSSR count). The molecule has 6 aliphatic carbocycles. The Morgan fingerprint density at radius 3 is 1.75 bits per heavy atom. The minimum atomic E-state index is -0.0867. The van der Waals surface area contributed by atoms with Gasteiger partial charge in [0.05, 0.1) is 5.69 Å². The maximum absolute atomic E-state index is 2.66. The van der Waals surface area contributed by atoms with Gasteiger partial charge in [0.15, 0.2) is 0 Å². The van der Waals surface area contributed by atoms with E-state index in [1.807, 2.05) is 0 Å². The molecule has 1 nitrogen and oxygen atoms in total. The highest BCUT2D eigenvalue weighted by molar-refractivity contribution is 6.06. The van der Waals surface area contributed by atoms with E-state index in [0.717, 1.165) is 11.8 Å². The van der Waals surface area contributed by atoms with Gasteiger partial charge < -0.3 is 4.90 Å². The monoisotopic (exact) mass is 771 g/mol. The van der Waals surface area contributed by atoms with Crippen molar-refractivity contribution in [2.24, 2.45) is 23.7 Å². The standard InChI is InChI=1S/C59H49N/c1-58(2)53-21-10-8-18-50(53)52-20-12-19-46(56(52)58)41-23-26-44(27-24-41)60(57-47-16-7-6-15-40(47)25-29-48(57)39-13-4-3-5-14-39)45-28-30-51-49-17-9-11-22-54(49)59(55(51)36-45)42-32-37-31-38(34-42)35-43(59)33-37/h3-30,36-38,42-43H,31-35H2,1-2H3. The van der Waals surface area contributed by atoms with Crippen LogP contribution in [0.2, 0.25) is 0 Å². The van der Waals surface area contributed by atoms with Gasteiger partial charge in [-0.1, -0.05) is 166 Å². The molecule has 4 bridgehead atoms. The van der Waals surface area contributed by atoms with Gasteiger partial charge in [0.2, 0.25) is 0 Å². The summed E-state index contributed by atoms with van der Waals surface area (Å²) >= 11 is 0. The summed E-state index contributed by atoms with van der Waals surface area (Å²) in [6, 6.07) is 67.2. The van der Waals surface area contributed by atoms with Gasteiger partial charge in [-0.25, -0.2) is 0 Å². The van der Waals surface area contributed by atoms with Crippen LogP contribution in [-0.4, -0.2) is 0 Å². The Labute approximate surface area is 354 Å². The molecule has 8 aromatic rings. The van der Waals surface area contributed by atoms with E-state index in [1.165, 1.54) is 116 Å². The molecule has 0 N–H and O–H groups in total. The zero-order valence-electron chi connectivity index (χ0n) is 34.5. The fourth-order valence-corrected chi connectivity index (χ4v) is 13.9. The summed E-state index contributed by atoms with van der Waals surface area (Å²) in [7, 11) is 0. The van der Waals surface area contributed by atoms with Crippen LogP contribution in [0.4, 0.5) is 17.1 Å². The fourth-order valence-electron chi connectivity index (χ4n) is 13.9. The van der Waals surface area contributed by atoms with Crippen molar-refractivity contribution in [1.82, 2.24) is 0 Å². The molecule has 4 fully saturated rings. The number of nitrogens with zero attached hydrogens (tertiary/aromatic N) is 1. The quantitative estimate of drug-likeness (QED) is 0.168. The number of rotatable bonds is 5. The Hall–Kier alpha value is -6.18. The molecule has 6 aliphatic rings. The highest BCUT2D eigenvalue weighted by Crippen LogP contribution is 2.69. The first-order chi connectivity index (χ1) is 29.5. The van der Waals surface area contributed by atoms with Crippen LogP contribution in [-0.2, 0) is 10.8 Å². The molecule has 0 atom stereocenters. The van der Waals surface area contributed by atoms with Gasteiger partial charge in [-0.05, 0) is 147 Å². The van der Waals surface area contributed by atoms with E-state index < -0.39 is 0 Å². The molecular weight excluding hydrogens is 723 g/mol. The van der Waals surface area contributed by atoms with E-state index in [9.17, 15) is 0 Å². The molecule has 4 saturated carbocycles. The molecule has 0 saturated heterocycles. The van der Waals surface area contributed by atoms with Crippen molar-refractivity contribution in [3.8, 4) is 44.5 Å². The first kappa shape index (κ1) is 34.7. The zero-order valence-corrected chi connectivity index (χ0v) is 34.5. The molecule has 60 heavy (non-hydrogen) atoms. The van der Waals surface area contributed by atoms with Crippen LogP contribution in [0.3, 0.4) is 0 Å². The summed E-state index contributed by atoms with van der Waals surface area (Å²) in [5, 5.41) is 2.51. The topological polar surface area (TPSA) is 3.24 Å². The Bertz CT molecular complexity index is 2990. The van der Waals surface area contributed by atoms with Crippen LogP contribution in [0.1, 0.15) is 68.2 Å². The molecular formula is C59H49N. The molecule has 0 amide bonds. The van der Waals surface area contributed by atoms with Crippen molar-refractivity contribution in [3.63, 3.8) is 0 Å². The number of anilines is 3. The van der Waals surface area contributed by atoms with E-state index in [2.05, 4.69) is 195 Å². The second kappa shape index (κ2) is 12.7. The van der Waals surface area contributed by atoms with Crippen molar-refractivity contribution >= 4 is 27.8 Å². The van der Waals surface area contributed by atoms with Crippen LogP contribution in [0, 0.1) is 23.7 Å². The number of benzene rings is 8. The summed E-state index contributed by atoms with van der Waals surface area (Å²) in [6.45, 7) is 4.79. The summed E-state index contributed by atoms with van der Waals surface area (Å²) in [5.74, 6) is 3.23. The van der Waals surface area contributed by atoms with Gasteiger partial charge in [0.1, 0.15) is 0 Å². The van der Waals surface area contributed by atoms with Crippen LogP contribution in [0.15, 0.2) is 176 Å². The SMILES string of the molecule is CC1(C)c2ccccc2-c2cccc(-c3ccc(N(c4ccc5c(c4)C4(c6ccccc6-5)C5CC6CC(C5)CC4C6)c4c(-c5ccccc5)ccc5ccccc45)cc3)c21. The summed E-state index contributed by atoms with van der Waals surface area (Å²) in [5.41, 5.74) is 20.4. The zero-order chi connectivity index (χ0) is 39.7. The van der Waals surface area contributed by atoms with Crippen LogP contribution < -0.4 is 4.90 Å². The smallest absolute Gasteiger partial charge is 0.0618 e. The second-order valence-corrected chi connectivity index (χ2v) is 19.3. The van der Waals surface area contributed by atoms with Crippen molar-refractivity contribution in [1.29, 1.82) is 0 Å². The Morgan fingerprint density at radius 1 is 0.417 bits per heavy atom. The lowest BCUT2D eigenvalue weighted by Gasteiger charge is -2.61. The molecule has 290 valence electrons. The van der Waals surface area contributed by atoms with Gasteiger partial charge in [0, 0.05) is 33.2 Å². The Morgan fingerprint density at radius 2 is 0.983 bits per heavy atom. The second-order valence-electron chi connectivity index (χ2n) is 19.3. The molecule has 1 spiro atoms. The molecule has 0 radical (unpaired) electrons. The van der Waals surface area contributed by atoms with Crippen molar-refractivity contribution in [2.75, 3.05) is 4.90 Å². The molecule has 0 unspecified atom stereocenters. The van der Waals surface area contributed by atoms with Crippen LogP contribution in [0.5, 0.6) is 0 Å². The lowest BCUT2D eigenvalue weighted by molar-refractivity contribution is -0.0399.